The zero-order valence-corrected chi connectivity index (χ0v) is 11.6. The number of benzene rings is 1. The number of hydrogen-bond donors (Lipinski definition) is 1. The summed E-state index contributed by atoms with van der Waals surface area (Å²) in [6.07, 6.45) is 2.89. The Morgan fingerprint density at radius 3 is 2.68 bits per heavy atom. The molecule has 1 heterocycles. The lowest BCUT2D eigenvalue weighted by Crippen LogP contribution is -2.55. The molecular weight excluding hydrogens is 236 g/mol. The standard InChI is InChI=1S/C16H22N2O/c1-12-8-16(9-12,11-17)15(19)18-7-6-13-4-2-3-5-14(13)10-18/h2-5,12H,6-11,17H2,1H3. The summed E-state index contributed by atoms with van der Waals surface area (Å²) < 4.78 is 0. The van der Waals surface area contributed by atoms with Crippen LogP contribution in [-0.2, 0) is 17.8 Å². The molecule has 0 unspecified atom stereocenters. The van der Waals surface area contributed by atoms with Crippen molar-refractivity contribution >= 4 is 5.91 Å². The maximum Gasteiger partial charge on any atom is 0.230 e. The summed E-state index contributed by atoms with van der Waals surface area (Å²) in [6, 6.07) is 8.43. The second-order valence-electron chi connectivity index (χ2n) is 6.24. The fourth-order valence-electron chi connectivity index (χ4n) is 3.71. The lowest BCUT2D eigenvalue weighted by Gasteiger charge is -2.47. The molecule has 0 atom stereocenters. The summed E-state index contributed by atoms with van der Waals surface area (Å²) in [6.45, 7) is 4.29. The Hall–Kier alpha value is -1.35. The molecule has 0 saturated heterocycles. The van der Waals surface area contributed by atoms with Crippen LogP contribution in [0.25, 0.3) is 0 Å². The van der Waals surface area contributed by atoms with Gasteiger partial charge in [0.25, 0.3) is 0 Å². The second kappa shape index (κ2) is 4.64. The van der Waals surface area contributed by atoms with Crippen LogP contribution in [0.15, 0.2) is 24.3 Å². The minimum Gasteiger partial charge on any atom is -0.338 e. The van der Waals surface area contributed by atoms with E-state index in [0.29, 0.717) is 12.5 Å². The van der Waals surface area contributed by atoms with E-state index in [2.05, 4.69) is 31.2 Å². The Morgan fingerprint density at radius 2 is 2.05 bits per heavy atom. The van der Waals surface area contributed by atoms with Gasteiger partial charge >= 0.3 is 0 Å². The van der Waals surface area contributed by atoms with Gasteiger partial charge in [-0.15, -0.1) is 0 Å². The van der Waals surface area contributed by atoms with Crippen molar-refractivity contribution in [3.8, 4) is 0 Å². The van der Waals surface area contributed by atoms with Crippen molar-refractivity contribution in [1.82, 2.24) is 4.90 Å². The molecule has 1 aromatic carbocycles. The SMILES string of the molecule is CC1CC(CN)(C(=O)N2CCc3ccccc3C2)C1. The number of amides is 1. The van der Waals surface area contributed by atoms with E-state index in [1.165, 1.54) is 11.1 Å². The van der Waals surface area contributed by atoms with E-state index in [1.807, 2.05) is 4.90 Å². The lowest BCUT2D eigenvalue weighted by atomic mass is 9.61. The van der Waals surface area contributed by atoms with E-state index in [0.717, 1.165) is 32.4 Å². The van der Waals surface area contributed by atoms with Crippen LogP contribution in [0.2, 0.25) is 0 Å². The molecule has 0 radical (unpaired) electrons. The number of nitrogens with zero attached hydrogens (tertiary/aromatic N) is 1. The van der Waals surface area contributed by atoms with Gasteiger partial charge in [0.1, 0.15) is 0 Å². The van der Waals surface area contributed by atoms with Crippen LogP contribution in [-0.4, -0.2) is 23.9 Å². The summed E-state index contributed by atoms with van der Waals surface area (Å²) in [5.41, 5.74) is 8.31. The van der Waals surface area contributed by atoms with Crippen molar-refractivity contribution in [2.75, 3.05) is 13.1 Å². The first kappa shape index (κ1) is 12.7. The zero-order chi connectivity index (χ0) is 13.5. The molecule has 1 aliphatic heterocycles. The van der Waals surface area contributed by atoms with Crippen LogP contribution in [0.3, 0.4) is 0 Å². The lowest BCUT2D eigenvalue weighted by molar-refractivity contribution is -0.150. The highest BCUT2D eigenvalue weighted by Gasteiger charge is 2.49. The quantitative estimate of drug-likeness (QED) is 0.881. The summed E-state index contributed by atoms with van der Waals surface area (Å²) in [4.78, 5) is 14.7. The summed E-state index contributed by atoms with van der Waals surface area (Å²) in [5, 5.41) is 0. The largest absolute Gasteiger partial charge is 0.338 e. The van der Waals surface area contributed by atoms with Gasteiger partial charge in [0, 0.05) is 19.6 Å². The third-order valence-corrected chi connectivity index (χ3v) is 4.74. The zero-order valence-electron chi connectivity index (χ0n) is 11.6. The van der Waals surface area contributed by atoms with Crippen molar-refractivity contribution in [3.63, 3.8) is 0 Å². The topological polar surface area (TPSA) is 46.3 Å². The Labute approximate surface area is 114 Å². The van der Waals surface area contributed by atoms with E-state index >= 15 is 0 Å². The maximum absolute atomic E-state index is 12.7. The number of fused-ring (bicyclic) bond motifs is 1. The van der Waals surface area contributed by atoms with Gasteiger partial charge in [-0.3, -0.25) is 4.79 Å². The van der Waals surface area contributed by atoms with Crippen molar-refractivity contribution in [2.24, 2.45) is 17.1 Å². The number of carbonyl (C=O) groups excluding carboxylic acids is 1. The van der Waals surface area contributed by atoms with E-state index in [1.54, 1.807) is 0 Å². The summed E-state index contributed by atoms with van der Waals surface area (Å²) >= 11 is 0. The predicted molar refractivity (Wildman–Crippen MR) is 75.4 cm³/mol. The molecule has 0 spiro atoms. The van der Waals surface area contributed by atoms with E-state index in [-0.39, 0.29) is 11.3 Å². The minimum atomic E-state index is -0.258. The smallest absolute Gasteiger partial charge is 0.230 e. The third kappa shape index (κ3) is 2.06. The number of rotatable bonds is 2. The fourth-order valence-corrected chi connectivity index (χ4v) is 3.71. The van der Waals surface area contributed by atoms with Crippen LogP contribution >= 0.6 is 0 Å². The van der Waals surface area contributed by atoms with Crippen molar-refractivity contribution in [2.45, 2.75) is 32.7 Å². The number of hydrogen-bond acceptors (Lipinski definition) is 2. The number of carbonyl (C=O) groups is 1. The molecule has 3 heteroatoms. The molecule has 1 aliphatic carbocycles. The van der Waals surface area contributed by atoms with Gasteiger partial charge in [-0.1, -0.05) is 31.2 Å². The molecule has 1 aromatic rings. The Balaban J connectivity index is 1.76. The molecule has 2 aliphatic rings. The monoisotopic (exact) mass is 258 g/mol. The molecule has 3 nitrogen and oxygen atoms in total. The fraction of sp³-hybridized carbons (Fsp3) is 0.562. The first-order valence-corrected chi connectivity index (χ1v) is 7.21. The van der Waals surface area contributed by atoms with Gasteiger partial charge in [0.15, 0.2) is 0 Å². The van der Waals surface area contributed by atoms with E-state index in [4.69, 9.17) is 5.73 Å². The average Bonchev–Trinajstić information content (AvgIpc) is 2.42. The summed E-state index contributed by atoms with van der Waals surface area (Å²) in [7, 11) is 0. The molecule has 19 heavy (non-hydrogen) atoms. The minimum absolute atomic E-state index is 0.258. The van der Waals surface area contributed by atoms with Crippen LogP contribution in [0, 0.1) is 11.3 Å². The number of nitrogens with two attached hydrogens (primary N) is 1. The maximum atomic E-state index is 12.7. The average molecular weight is 258 g/mol. The molecule has 2 N–H and O–H groups in total. The molecule has 0 aromatic heterocycles. The van der Waals surface area contributed by atoms with Crippen LogP contribution < -0.4 is 5.73 Å². The molecule has 1 saturated carbocycles. The van der Waals surface area contributed by atoms with Crippen LogP contribution in [0.5, 0.6) is 0 Å². The Kier molecular flexibility index (Phi) is 3.09. The third-order valence-electron chi connectivity index (χ3n) is 4.74. The second-order valence-corrected chi connectivity index (χ2v) is 6.24. The van der Waals surface area contributed by atoms with E-state index < -0.39 is 0 Å². The molecular formula is C16H22N2O. The normalized spacial score (nSPS) is 29.6. The van der Waals surface area contributed by atoms with Gasteiger partial charge < -0.3 is 10.6 Å². The highest BCUT2D eigenvalue weighted by Crippen LogP contribution is 2.46. The first-order chi connectivity index (χ1) is 9.14. The summed E-state index contributed by atoms with van der Waals surface area (Å²) in [5.74, 6) is 0.923. The molecule has 0 bridgehead atoms. The highest BCUT2D eigenvalue weighted by atomic mass is 16.2. The molecule has 1 fully saturated rings. The first-order valence-electron chi connectivity index (χ1n) is 7.21. The van der Waals surface area contributed by atoms with Crippen LogP contribution in [0.4, 0.5) is 0 Å². The van der Waals surface area contributed by atoms with Gasteiger partial charge in [-0.25, -0.2) is 0 Å². The van der Waals surface area contributed by atoms with Gasteiger partial charge in [-0.2, -0.15) is 0 Å². The van der Waals surface area contributed by atoms with Gasteiger partial charge in [0.2, 0.25) is 5.91 Å². The van der Waals surface area contributed by atoms with Gasteiger partial charge in [0.05, 0.1) is 5.41 Å². The van der Waals surface area contributed by atoms with Crippen LogP contribution in [0.1, 0.15) is 30.9 Å². The van der Waals surface area contributed by atoms with Gasteiger partial charge in [-0.05, 0) is 36.3 Å². The molecule has 1 amide bonds. The van der Waals surface area contributed by atoms with Crippen molar-refractivity contribution < 1.29 is 4.79 Å². The predicted octanol–water partition coefficient (Wildman–Crippen LogP) is 1.95. The van der Waals surface area contributed by atoms with Crippen molar-refractivity contribution in [3.05, 3.63) is 35.4 Å². The van der Waals surface area contributed by atoms with E-state index in [9.17, 15) is 4.79 Å². The highest BCUT2D eigenvalue weighted by molar-refractivity contribution is 5.84. The Bertz CT molecular complexity index is 491. The Morgan fingerprint density at radius 1 is 1.37 bits per heavy atom. The molecule has 3 rings (SSSR count). The molecule has 102 valence electrons. The van der Waals surface area contributed by atoms with Crippen molar-refractivity contribution in [1.29, 1.82) is 0 Å².